The highest BCUT2D eigenvalue weighted by molar-refractivity contribution is 7.18. The number of carboxylic acids is 1. The fourth-order valence-electron chi connectivity index (χ4n) is 3.18. The third-order valence-electron chi connectivity index (χ3n) is 4.53. The average molecular weight is 434 g/mol. The Morgan fingerprint density at radius 3 is 2.42 bits per heavy atom. The summed E-state index contributed by atoms with van der Waals surface area (Å²) < 4.78 is 0.963. The van der Waals surface area contributed by atoms with Gasteiger partial charge in [0.25, 0.3) is 5.91 Å². The van der Waals surface area contributed by atoms with Crippen LogP contribution in [0.3, 0.4) is 0 Å². The van der Waals surface area contributed by atoms with Crippen LogP contribution in [-0.2, 0) is 11.3 Å². The molecule has 2 aromatic heterocycles. The van der Waals surface area contributed by atoms with E-state index in [1.165, 1.54) is 23.2 Å². The summed E-state index contributed by atoms with van der Waals surface area (Å²) in [5.41, 5.74) is 0.888. The summed E-state index contributed by atoms with van der Waals surface area (Å²) in [6.45, 7) is 1.27. The van der Waals surface area contributed by atoms with Gasteiger partial charge >= 0.3 is 5.97 Å². The number of aromatic carboxylic acids is 1. The lowest BCUT2D eigenvalue weighted by molar-refractivity contribution is -0.117. The molecule has 2 aromatic carbocycles. The van der Waals surface area contributed by atoms with Crippen molar-refractivity contribution < 1.29 is 19.5 Å². The molecule has 0 spiro atoms. The van der Waals surface area contributed by atoms with Crippen molar-refractivity contribution in [1.29, 1.82) is 0 Å². The maximum absolute atomic E-state index is 13.3. The number of amides is 1. The number of nitrogens with zero attached hydrogens (tertiary/aromatic N) is 3. The van der Waals surface area contributed by atoms with E-state index in [1.807, 2.05) is 30.3 Å². The summed E-state index contributed by atoms with van der Waals surface area (Å²) in [5, 5.41) is 10.2. The van der Waals surface area contributed by atoms with Crippen molar-refractivity contribution in [2.24, 2.45) is 0 Å². The second kappa shape index (κ2) is 8.49. The van der Waals surface area contributed by atoms with Crippen molar-refractivity contribution >= 4 is 39.2 Å². The Balaban J connectivity index is 1.70. The van der Waals surface area contributed by atoms with E-state index in [0.29, 0.717) is 10.6 Å². The molecule has 0 aliphatic carbocycles. The maximum Gasteiger partial charge on any atom is 0.354 e. The minimum Gasteiger partial charge on any atom is -0.477 e. The zero-order valence-electron chi connectivity index (χ0n) is 16.5. The number of imidazole rings is 1. The van der Waals surface area contributed by atoms with Gasteiger partial charge in [-0.1, -0.05) is 42.5 Å². The Bertz CT molecular complexity index is 1250. The Morgan fingerprint density at radius 2 is 1.74 bits per heavy atom. The van der Waals surface area contributed by atoms with Gasteiger partial charge in [0.15, 0.2) is 11.4 Å². The van der Waals surface area contributed by atoms with Crippen molar-refractivity contribution in [1.82, 2.24) is 19.9 Å². The predicted octanol–water partition coefficient (Wildman–Crippen LogP) is 3.62. The molecule has 0 unspecified atom stereocenters. The number of fused-ring (bicyclic) bond motifs is 1. The van der Waals surface area contributed by atoms with Crippen molar-refractivity contribution in [3.05, 3.63) is 71.0 Å². The van der Waals surface area contributed by atoms with E-state index in [2.05, 4.69) is 15.0 Å². The van der Waals surface area contributed by atoms with Gasteiger partial charge < -0.3 is 15.0 Å². The van der Waals surface area contributed by atoms with Gasteiger partial charge in [0.2, 0.25) is 0 Å². The number of nitrogens with one attached hydrogen (secondary N) is 1. The van der Waals surface area contributed by atoms with Crippen LogP contribution >= 0.6 is 11.3 Å². The Kier molecular flexibility index (Phi) is 5.59. The highest BCUT2D eigenvalue weighted by atomic mass is 32.1. The van der Waals surface area contributed by atoms with Crippen LogP contribution in [0.15, 0.2) is 54.6 Å². The second-order valence-electron chi connectivity index (χ2n) is 6.92. The molecule has 0 aliphatic rings. The number of aromatic amines is 1. The largest absolute Gasteiger partial charge is 0.477 e. The van der Waals surface area contributed by atoms with Crippen LogP contribution < -0.4 is 0 Å². The first-order valence-corrected chi connectivity index (χ1v) is 10.3. The Labute approximate surface area is 181 Å². The number of thiazole rings is 1. The number of hydrogen-bond donors (Lipinski definition) is 2. The molecule has 4 aromatic rings. The van der Waals surface area contributed by atoms with Gasteiger partial charge in [-0.2, -0.15) is 0 Å². The number of carbonyl (C=O) groups excluding carboxylic acids is 2. The summed E-state index contributed by atoms with van der Waals surface area (Å²) in [5.74, 6) is -1.92. The summed E-state index contributed by atoms with van der Waals surface area (Å²) in [6, 6.07) is 16.5. The number of carboxylic acid groups (broad SMARTS) is 1. The van der Waals surface area contributed by atoms with Gasteiger partial charge in [0.1, 0.15) is 16.6 Å². The third-order valence-corrected chi connectivity index (χ3v) is 5.55. The zero-order valence-corrected chi connectivity index (χ0v) is 17.3. The number of benzene rings is 2. The summed E-state index contributed by atoms with van der Waals surface area (Å²) in [4.78, 5) is 49.7. The number of para-hydroxylation sites is 1. The van der Waals surface area contributed by atoms with Crippen LogP contribution in [0, 0.1) is 0 Å². The van der Waals surface area contributed by atoms with E-state index >= 15 is 0 Å². The predicted molar refractivity (Wildman–Crippen MR) is 116 cm³/mol. The second-order valence-corrected chi connectivity index (χ2v) is 8.03. The monoisotopic (exact) mass is 434 g/mol. The van der Waals surface area contributed by atoms with Gasteiger partial charge in [-0.05, 0) is 19.1 Å². The lowest BCUT2D eigenvalue weighted by Crippen LogP contribution is -2.35. The average Bonchev–Trinajstić information content (AvgIpc) is 3.37. The van der Waals surface area contributed by atoms with E-state index in [4.69, 9.17) is 0 Å². The molecular weight excluding hydrogens is 416 g/mol. The first-order chi connectivity index (χ1) is 14.9. The van der Waals surface area contributed by atoms with E-state index < -0.39 is 11.9 Å². The minimum atomic E-state index is -1.30. The van der Waals surface area contributed by atoms with E-state index in [1.54, 1.807) is 24.3 Å². The van der Waals surface area contributed by atoms with Gasteiger partial charge in [-0.25, -0.2) is 14.8 Å². The zero-order chi connectivity index (χ0) is 22.0. The molecule has 0 bridgehead atoms. The molecule has 31 heavy (non-hydrogen) atoms. The maximum atomic E-state index is 13.3. The van der Waals surface area contributed by atoms with Crippen molar-refractivity contribution in [3.8, 4) is 11.4 Å². The molecule has 0 saturated carbocycles. The lowest BCUT2D eigenvalue weighted by atomic mass is 10.2. The topological polar surface area (TPSA) is 116 Å². The molecule has 0 aliphatic heterocycles. The minimum absolute atomic E-state index is 0.0738. The van der Waals surface area contributed by atoms with Crippen molar-refractivity contribution in [2.75, 3.05) is 6.54 Å². The normalized spacial score (nSPS) is 10.9. The molecular formula is C22H18N4O4S. The molecule has 0 fully saturated rings. The summed E-state index contributed by atoms with van der Waals surface area (Å²) in [6.07, 6.45) is 0. The molecule has 4 rings (SSSR count). The molecule has 0 saturated heterocycles. The molecule has 2 heterocycles. The quantitative estimate of drug-likeness (QED) is 0.459. The van der Waals surface area contributed by atoms with Crippen LogP contribution in [0.25, 0.3) is 21.6 Å². The van der Waals surface area contributed by atoms with Crippen LogP contribution in [0.2, 0.25) is 0 Å². The van der Waals surface area contributed by atoms with Crippen LogP contribution in [0.1, 0.15) is 32.9 Å². The molecule has 0 atom stereocenters. The number of ketones is 1. The Morgan fingerprint density at radius 1 is 1.03 bits per heavy atom. The fourth-order valence-corrected chi connectivity index (χ4v) is 4.17. The molecule has 2 N–H and O–H groups in total. The summed E-state index contributed by atoms with van der Waals surface area (Å²) in [7, 11) is 0. The lowest BCUT2D eigenvalue weighted by Gasteiger charge is -2.19. The smallest absolute Gasteiger partial charge is 0.354 e. The molecule has 156 valence electrons. The number of hydrogen-bond acceptors (Lipinski definition) is 6. The van der Waals surface area contributed by atoms with Gasteiger partial charge in [-0.15, -0.1) is 11.3 Å². The van der Waals surface area contributed by atoms with E-state index in [9.17, 15) is 19.5 Å². The summed E-state index contributed by atoms with van der Waals surface area (Å²) >= 11 is 1.42. The number of H-pyrrole nitrogens is 1. The van der Waals surface area contributed by atoms with E-state index in [-0.39, 0.29) is 36.1 Å². The van der Waals surface area contributed by atoms with Gasteiger partial charge in [0, 0.05) is 5.56 Å². The number of Topliss-reactive ketones (excluding diaryl/α,β-unsaturated/α-hetero) is 1. The van der Waals surface area contributed by atoms with Gasteiger partial charge in [-0.3, -0.25) is 9.59 Å². The molecule has 1 amide bonds. The first kappa shape index (κ1) is 20.4. The number of rotatable bonds is 7. The fraction of sp³-hybridized carbons (Fsp3) is 0.136. The van der Waals surface area contributed by atoms with Gasteiger partial charge in [0.05, 0.1) is 23.3 Å². The van der Waals surface area contributed by atoms with Crippen LogP contribution in [0.4, 0.5) is 0 Å². The van der Waals surface area contributed by atoms with E-state index in [0.717, 1.165) is 10.2 Å². The third kappa shape index (κ3) is 4.36. The first-order valence-electron chi connectivity index (χ1n) is 9.44. The standard InChI is InChI=1S/C22H18N4O4S/c1-13(27)11-26(12-17-23-15-9-5-6-10-16(15)31-17)21(28)18-19(22(29)30)25-20(24-18)14-7-3-2-4-8-14/h2-10H,11-12H2,1H3,(H,24,25)(H,29,30). The number of carbonyl (C=O) groups is 3. The Hall–Kier alpha value is -3.85. The molecule has 8 nitrogen and oxygen atoms in total. The van der Waals surface area contributed by atoms with Crippen LogP contribution in [-0.4, -0.2) is 49.2 Å². The highest BCUT2D eigenvalue weighted by Crippen LogP contribution is 2.24. The van der Waals surface area contributed by atoms with Crippen molar-refractivity contribution in [3.63, 3.8) is 0 Å². The SMILES string of the molecule is CC(=O)CN(Cc1nc2ccccc2s1)C(=O)c1nc(-c2ccccc2)[nH]c1C(=O)O. The van der Waals surface area contributed by atoms with Crippen molar-refractivity contribution in [2.45, 2.75) is 13.5 Å². The number of aromatic nitrogens is 3. The van der Waals surface area contributed by atoms with Crippen LogP contribution in [0.5, 0.6) is 0 Å². The molecule has 9 heteroatoms. The highest BCUT2D eigenvalue weighted by Gasteiger charge is 2.28. The molecule has 0 radical (unpaired) electrons.